The molecule has 98 valence electrons. The smallest absolute Gasteiger partial charge is 0.259 e. The molecule has 2 rings (SSSR count). The Balaban J connectivity index is 2.25. The van der Waals surface area contributed by atoms with E-state index >= 15 is 0 Å². The van der Waals surface area contributed by atoms with Crippen LogP contribution in [0.2, 0.25) is 0 Å². The first-order valence-corrected chi connectivity index (χ1v) is 5.32. The van der Waals surface area contributed by atoms with Crippen molar-refractivity contribution in [3.8, 4) is 5.75 Å². The van der Waals surface area contributed by atoms with Crippen LogP contribution >= 0.6 is 0 Å². The number of nitrogen functional groups attached to an aromatic ring is 1. The molecule has 0 heterocycles. The van der Waals surface area contributed by atoms with Crippen LogP contribution in [0.4, 0.5) is 20.2 Å². The number of nitrogens with two attached hydrogens (primary N) is 1. The summed E-state index contributed by atoms with van der Waals surface area (Å²) < 4.78 is 26.0. The molecule has 0 aromatic heterocycles. The summed E-state index contributed by atoms with van der Waals surface area (Å²) in [7, 11) is 0. The van der Waals surface area contributed by atoms with Crippen LogP contribution in [-0.4, -0.2) is 11.0 Å². The van der Waals surface area contributed by atoms with Crippen molar-refractivity contribution < 1.29 is 18.7 Å². The maximum absolute atomic E-state index is 13.0. The van der Waals surface area contributed by atoms with E-state index < -0.39 is 17.5 Å². The summed E-state index contributed by atoms with van der Waals surface area (Å²) in [5.41, 5.74) is 5.25. The minimum absolute atomic E-state index is 0.124. The first-order chi connectivity index (χ1) is 8.97. The van der Waals surface area contributed by atoms with Gasteiger partial charge in [-0.25, -0.2) is 8.78 Å². The predicted octanol–water partition coefficient (Wildman–Crippen LogP) is 2.50. The number of halogens is 2. The minimum Gasteiger partial charge on any atom is -0.507 e. The average Bonchev–Trinajstić information content (AvgIpc) is 2.36. The molecule has 2 aromatic carbocycles. The number of phenolic OH excluding ortho intramolecular Hbond substituents is 1. The number of hydrogen-bond donors (Lipinski definition) is 3. The lowest BCUT2D eigenvalue weighted by molar-refractivity contribution is 0.102. The Bertz CT molecular complexity index is 645. The molecule has 0 saturated carbocycles. The first-order valence-electron chi connectivity index (χ1n) is 5.32. The monoisotopic (exact) mass is 264 g/mol. The number of hydrogen-bond acceptors (Lipinski definition) is 3. The highest BCUT2D eigenvalue weighted by atomic mass is 19.1. The number of phenols is 1. The molecule has 0 fully saturated rings. The zero-order valence-corrected chi connectivity index (χ0v) is 9.65. The molecule has 0 spiro atoms. The minimum atomic E-state index is -0.719. The Hall–Kier alpha value is -2.63. The van der Waals surface area contributed by atoms with Gasteiger partial charge in [-0.3, -0.25) is 4.79 Å². The molecule has 19 heavy (non-hydrogen) atoms. The van der Waals surface area contributed by atoms with Gasteiger partial charge in [-0.05, 0) is 36.4 Å². The van der Waals surface area contributed by atoms with Crippen LogP contribution in [0.3, 0.4) is 0 Å². The van der Waals surface area contributed by atoms with Crippen LogP contribution < -0.4 is 11.1 Å². The number of amides is 1. The summed E-state index contributed by atoms with van der Waals surface area (Å²) in [6.45, 7) is 0. The molecule has 2 aromatic rings. The van der Waals surface area contributed by atoms with Crippen molar-refractivity contribution >= 4 is 17.3 Å². The van der Waals surface area contributed by atoms with Crippen molar-refractivity contribution in [2.24, 2.45) is 0 Å². The number of carbonyl (C=O) groups excluding carboxylic acids is 1. The Labute approximate surface area is 107 Å². The molecule has 0 aliphatic rings. The van der Waals surface area contributed by atoms with Gasteiger partial charge in [0.05, 0.1) is 11.3 Å². The highest BCUT2D eigenvalue weighted by Crippen LogP contribution is 2.21. The van der Waals surface area contributed by atoms with Gasteiger partial charge in [0, 0.05) is 5.69 Å². The van der Waals surface area contributed by atoms with Crippen molar-refractivity contribution in [1.82, 2.24) is 0 Å². The van der Waals surface area contributed by atoms with Gasteiger partial charge in [0.25, 0.3) is 5.91 Å². The second kappa shape index (κ2) is 4.93. The van der Waals surface area contributed by atoms with Gasteiger partial charge in [0.1, 0.15) is 17.4 Å². The van der Waals surface area contributed by atoms with Gasteiger partial charge >= 0.3 is 0 Å². The van der Waals surface area contributed by atoms with Crippen LogP contribution in [0.1, 0.15) is 10.4 Å². The van der Waals surface area contributed by atoms with E-state index in [1.54, 1.807) is 0 Å². The predicted molar refractivity (Wildman–Crippen MR) is 66.8 cm³/mol. The third-order valence-corrected chi connectivity index (χ3v) is 2.46. The molecular formula is C13H10F2N2O2. The Morgan fingerprint density at radius 2 is 1.89 bits per heavy atom. The Morgan fingerprint density at radius 1 is 1.16 bits per heavy atom. The summed E-state index contributed by atoms with van der Waals surface area (Å²) >= 11 is 0. The van der Waals surface area contributed by atoms with Crippen molar-refractivity contribution in [1.29, 1.82) is 0 Å². The topological polar surface area (TPSA) is 75.3 Å². The molecule has 0 saturated heterocycles. The largest absolute Gasteiger partial charge is 0.507 e. The van der Waals surface area contributed by atoms with Crippen molar-refractivity contribution in [3.63, 3.8) is 0 Å². The van der Waals surface area contributed by atoms with E-state index in [1.165, 1.54) is 12.1 Å². The average molecular weight is 264 g/mol. The summed E-state index contributed by atoms with van der Waals surface area (Å²) in [6.07, 6.45) is 0. The van der Waals surface area contributed by atoms with Crippen LogP contribution in [0, 0.1) is 11.6 Å². The highest BCUT2D eigenvalue weighted by molar-refractivity contribution is 6.06. The fraction of sp³-hybridized carbons (Fsp3) is 0. The van der Waals surface area contributed by atoms with Gasteiger partial charge in [-0.15, -0.1) is 0 Å². The number of aromatic hydroxyl groups is 1. The lowest BCUT2D eigenvalue weighted by Crippen LogP contribution is -2.12. The molecule has 4 nitrogen and oxygen atoms in total. The standard InChI is InChI=1S/C13H10F2N2O2/c14-7-1-4-12(18)9(5-7)13(19)17-8-2-3-10(15)11(16)6-8/h1-6,18H,16H2,(H,17,19). The molecule has 4 N–H and O–H groups in total. The van der Waals surface area contributed by atoms with E-state index in [-0.39, 0.29) is 22.7 Å². The molecule has 6 heteroatoms. The van der Waals surface area contributed by atoms with Gasteiger partial charge in [0.15, 0.2) is 0 Å². The zero-order chi connectivity index (χ0) is 14.0. The molecule has 0 aliphatic carbocycles. The second-order valence-electron chi connectivity index (χ2n) is 3.85. The molecule has 0 aliphatic heterocycles. The number of anilines is 2. The summed E-state index contributed by atoms with van der Waals surface area (Å²) in [6, 6.07) is 6.63. The molecule has 1 amide bonds. The SMILES string of the molecule is Nc1cc(NC(=O)c2cc(F)ccc2O)ccc1F. The van der Waals surface area contributed by atoms with E-state index in [0.29, 0.717) is 0 Å². The zero-order valence-electron chi connectivity index (χ0n) is 9.65. The van der Waals surface area contributed by atoms with Crippen LogP contribution in [0.5, 0.6) is 5.75 Å². The highest BCUT2D eigenvalue weighted by Gasteiger charge is 2.13. The summed E-state index contributed by atoms with van der Waals surface area (Å²) in [5.74, 6) is -2.33. The number of rotatable bonds is 2. The summed E-state index contributed by atoms with van der Waals surface area (Å²) in [4.78, 5) is 11.8. The van der Waals surface area contributed by atoms with Crippen molar-refractivity contribution in [2.45, 2.75) is 0 Å². The van der Waals surface area contributed by atoms with Gasteiger partial charge in [-0.2, -0.15) is 0 Å². The van der Waals surface area contributed by atoms with Crippen molar-refractivity contribution in [2.75, 3.05) is 11.1 Å². The third-order valence-electron chi connectivity index (χ3n) is 2.46. The Morgan fingerprint density at radius 3 is 2.58 bits per heavy atom. The van der Waals surface area contributed by atoms with E-state index in [9.17, 15) is 18.7 Å². The van der Waals surface area contributed by atoms with Gasteiger partial charge in [-0.1, -0.05) is 0 Å². The summed E-state index contributed by atoms with van der Waals surface area (Å²) in [5, 5.41) is 11.9. The fourth-order valence-electron chi connectivity index (χ4n) is 1.51. The van der Waals surface area contributed by atoms with E-state index in [0.717, 1.165) is 24.3 Å². The van der Waals surface area contributed by atoms with Crippen LogP contribution in [-0.2, 0) is 0 Å². The molecule has 0 unspecified atom stereocenters. The van der Waals surface area contributed by atoms with E-state index in [2.05, 4.69) is 5.32 Å². The molecule has 0 atom stereocenters. The lowest BCUT2D eigenvalue weighted by atomic mass is 10.1. The van der Waals surface area contributed by atoms with Crippen LogP contribution in [0.15, 0.2) is 36.4 Å². The van der Waals surface area contributed by atoms with Gasteiger partial charge < -0.3 is 16.2 Å². The number of benzene rings is 2. The maximum Gasteiger partial charge on any atom is 0.259 e. The van der Waals surface area contributed by atoms with E-state index in [1.807, 2.05) is 0 Å². The first kappa shape index (κ1) is 12.8. The molecule has 0 radical (unpaired) electrons. The molecular weight excluding hydrogens is 254 g/mol. The molecule has 0 bridgehead atoms. The number of carbonyl (C=O) groups is 1. The third kappa shape index (κ3) is 2.79. The maximum atomic E-state index is 13.0. The fourth-order valence-corrected chi connectivity index (χ4v) is 1.51. The van der Waals surface area contributed by atoms with Gasteiger partial charge in [0.2, 0.25) is 0 Å². The normalized spacial score (nSPS) is 10.2. The number of nitrogens with one attached hydrogen (secondary N) is 1. The van der Waals surface area contributed by atoms with E-state index in [4.69, 9.17) is 5.73 Å². The van der Waals surface area contributed by atoms with Crippen LogP contribution in [0.25, 0.3) is 0 Å². The lowest BCUT2D eigenvalue weighted by Gasteiger charge is -2.08. The van der Waals surface area contributed by atoms with Crippen molar-refractivity contribution in [3.05, 3.63) is 53.6 Å². The quantitative estimate of drug-likeness (QED) is 0.729. The second-order valence-corrected chi connectivity index (χ2v) is 3.85. The Kier molecular flexibility index (Phi) is 3.33.